The second kappa shape index (κ2) is 9.00. The van der Waals surface area contributed by atoms with Crippen LogP contribution < -0.4 is 10.8 Å². The smallest absolute Gasteiger partial charge is 0.430 e. The van der Waals surface area contributed by atoms with Gasteiger partial charge in [0, 0.05) is 24.4 Å². The lowest BCUT2D eigenvalue weighted by molar-refractivity contribution is -0.927. The van der Waals surface area contributed by atoms with E-state index in [2.05, 4.69) is 7.05 Å². The Morgan fingerprint density at radius 2 is 1.69 bits per heavy atom. The Hall–Kier alpha value is -2.13. The molecule has 0 radical (unpaired) electrons. The van der Waals surface area contributed by atoms with Gasteiger partial charge in [-0.2, -0.15) is 13.2 Å². The van der Waals surface area contributed by atoms with Crippen LogP contribution in [0.2, 0.25) is 0 Å². The molecule has 1 fully saturated rings. The number of methoxy groups -OCH3 is 1. The molecule has 2 rings (SSSR count). The lowest BCUT2D eigenvalue weighted by Crippen LogP contribution is -2.51. The number of nitrogens with zero attached hydrogens (tertiary/aromatic N) is 1. The van der Waals surface area contributed by atoms with Crippen molar-refractivity contribution in [3.05, 3.63) is 35.4 Å². The minimum absolute atomic E-state index is 0.282. The number of benzene rings is 1. The average molecular weight is 376 g/mol. The number of carbonyl (C=O) groups is 2. The maximum atomic E-state index is 11.4. The molecule has 6 nitrogen and oxygen atoms in total. The second-order valence-electron chi connectivity index (χ2n) is 6.54. The number of halogens is 3. The number of piperidine rings is 1. The Balaban J connectivity index is 0.000000412. The lowest BCUT2D eigenvalue weighted by atomic mass is 10.0. The Bertz CT molecular complexity index is 609. The molecule has 1 aliphatic rings. The fourth-order valence-electron chi connectivity index (χ4n) is 2.67. The highest BCUT2D eigenvalue weighted by Gasteiger charge is 2.29. The van der Waals surface area contributed by atoms with Crippen molar-refractivity contribution in [1.82, 2.24) is 0 Å². The van der Waals surface area contributed by atoms with Gasteiger partial charge in [-0.05, 0) is 12.1 Å². The zero-order valence-corrected chi connectivity index (χ0v) is 14.7. The molecule has 1 aliphatic heterocycles. The summed E-state index contributed by atoms with van der Waals surface area (Å²) in [6.07, 6.45) is -3.01. The number of quaternary nitrogens is 1. The zero-order valence-electron chi connectivity index (χ0n) is 14.7. The molecule has 0 amide bonds. The van der Waals surface area contributed by atoms with Crippen LogP contribution in [0.15, 0.2) is 24.3 Å². The van der Waals surface area contributed by atoms with Crippen molar-refractivity contribution < 1.29 is 37.1 Å². The topological polar surface area (TPSA) is 92.5 Å². The summed E-state index contributed by atoms with van der Waals surface area (Å²) in [6.45, 7) is 3.24. The summed E-state index contributed by atoms with van der Waals surface area (Å²) in [7, 11) is 3.68. The van der Waals surface area contributed by atoms with E-state index in [1.54, 1.807) is 0 Å². The van der Waals surface area contributed by atoms with E-state index in [0.717, 1.165) is 37.0 Å². The summed E-state index contributed by atoms with van der Waals surface area (Å²) in [4.78, 5) is 20.2. The predicted octanol–water partition coefficient (Wildman–Crippen LogP) is 0.839. The van der Waals surface area contributed by atoms with Crippen LogP contribution in [0, 0.1) is 0 Å². The SMILES string of the molecule is COC(=O)c1ccc(C[N+]2(C)CCC(N)CC2)cc1.O=C([O-])C(F)(F)F. The number of rotatable bonds is 3. The summed E-state index contributed by atoms with van der Waals surface area (Å²) in [6, 6.07) is 8.08. The average Bonchev–Trinajstić information content (AvgIpc) is 2.57. The van der Waals surface area contributed by atoms with Gasteiger partial charge in [-0.1, -0.05) is 12.1 Å². The molecule has 0 spiro atoms. The van der Waals surface area contributed by atoms with E-state index in [4.69, 9.17) is 20.4 Å². The van der Waals surface area contributed by atoms with E-state index in [-0.39, 0.29) is 5.97 Å². The standard InChI is InChI=1S/C15H23N2O2.C2HF3O2/c1-17(9-7-14(16)8-10-17)11-12-3-5-13(6-4-12)15(18)19-2;3-2(4,5)1(6)7/h3-6,14H,7-11,16H2,1-2H3;(H,6,7)/q+1;/p-1. The molecule has 2 N–H and O–H groups in total. The van der Waals surface area contributed by atoms with Gasteiger partial charge >= 0.3 is 12.1 Å². The number of carboxylic acids is 1. The van der Waals surface area contributed by atoms with Gasteiger partial charge in [-0.3, -0.25) is 0 Å². The number of hydrogen-bond acceptors (Lipinski definition) is 5. The van der Waals surface area contributed by atoms with Crippen molar-refractivity contribution in [2.24, 2.45) is 5.73 Å². The predicted molar refractivity (Wildman–Crippen MR) is 85.7 cm³/mol. The Morgan fingerprint density at radius 3 is 2.08 bits per heavy atom. The molecule has 0 aliphatic carbocycles. The molecule has 1 heterocycles. The number of aliphatic carboxylic acids is 1. The van der Waals surface area contributed by atoms with Crippen molar-refractivity contribution in [1.29, 1.82) is 0 Å². The molecule has 0 aromatic heterocycles. The molecular weight excluding hydrogens is 353 g/mol. The highest BCUT2D eigenvalue weighted by Crippen LogP contribution is 2.20. The van der Waals surface area contributed by atoms with E-state index in [9.17, 15) is 18.0 Å². The van der Waals surface area contributed by atoms with E-state index in [0.29, 0.717) is 11.6 Å². The van der Waals surface area contributed by atoms with Crippen LogP contribution in [0.5, 0.6) is 0 Å². The van der Waals surface area contributed by atoms with Crippen molar-refractivity contribution >= 4 is 11.9 Å². The first-order valence-electron chi connectivity index (χ1n) is 8.01. The number of carbonyl (C=O) groups excluding carboxylic acids is 2. The summed E-state index contributed by atoms with van der Waals surface area (Å²) in [5, 5.41) is 8.78. The molecule has 1 saturated heterocycles. The van der Waals surface area contributed by atoms with E-state index >= 15 is 0 Å². The summed E-state index contributed by atoms with van der Waals surface area (Å²) in [5.41, 5.74) is 7.82. The number of alkyl halides is 3. The normalized spacial score (nSPS) is 22.8. The van der Waals surface area contributed by atoms with Gasteiger partial charge in [0.15, 0.2) is 0 Å². The number of esters is 1. The van der Waals surface area contributed by atoms with Crippen LogP contribution >= 0.6 is 0 Å². The van der Waals surface area contributed by atoms with Crippen LogP contribution in [0.3, 0.4) is 0 Å². The molecule has 9 heteroatoms. The molecule has 1 aromatic carbocycles. The maximum Gasteiger partial charge on any atom is 0.430 e. The van der Waals surface area contributed by atoms with E-state index in [1.807, 2.05) is 24.3 Å². The van der Waals surface area contributed by atoms with Crippen molar-refractivity contribution in [3.8, 4) is 0 Å². The minimum Gasteiger partial charge on any atom is -0.542 e. The largest absolute Gasteiger partial charge is 0.542 e. The Kier molecular flexibility index (Phi) is 7.58. The highest BCUT2D eigenvalue weighted by atomic mass is 19.4. The first-order chi connectivity index (χ1) is 12.0. The van der Waals surface area contributed by atoms with Gasteiger partial charge < -0.3 is 24.9 Å². The Labute approximate surface area is 149 Å². The van der Waals surface area contributed by atoms with Gasteiger partial charge in [0.05, 0.1) is 32.8 Å². The third kappa shape index (κ3) is 7.01. The molecule has 0 atom stereocenters. The molecule has 0 saturated carbocycles. The summed E-state index contributed by atoms with van der Waals surface area (Å²) in [5.74, 6) is -3.29. The van der Waals surface area contributed by atoms with Crippen LogP contribution in [0.1, 0.15) is 28.8 Å². The summed E-state index contributed by atoms with van der Waals surface area (Å²) >= 11 is 0. The molecule has 0 unspecified atom stereocenters. The quantitative estimate of drug-likeness (QED) is 0.623. The van der Waals surface area contributed by atoms with Gasteiger partial charge in [-0.15, -0.1) is 0 Å². The third-order valence-corrected chi connectivity index (χ3v) is 4.25. The molecular formula is C17H23F3N2O4. The van der Waals surface area contributed by atoms with Crippen LogP contribution in [0.25, 0.3) is 0 Å². The van der Waals surface area contributed by atoms with Crippen molar-refractivity contribution in [2.75, 3.05) is 27.2 Å². The summed E-state index contributed by atoms with van der Waals surface area (Å²) < 4.78 is 37.3. The van der Waals surface area contributed by atoms with Crippen LogP contribution in [-0.2, 0) is 16.1 Å². The third-order valence-electron chi connectivity index (χ3n) is 4.25. The lowest BCUT2D eigenvalue weighted by Gasteiger charge is -2.39. The Morgan fingerprint density at radius 1 is 1.23 bits per heavy atom. The van der Waals surface area contributed by atoms with Crippen LogP contribution in [-0.4, -0.2) is 55.9 Å². The van der Waals surface area contributed by atoms with Crippen molar-refractivity contribution in [3.63, 3.8) is 0 Å². The van der Waals surface area contributed by atoms with Gasteiger partial charge in [0.1, 0.15) is 12.5 Å². The molecule has 0 bridgehead atoms. The van der Waals surface area contributed by atoms with E-state index < -0.39 is 12.1 Å². The van der Waals surface area contributed by atoms with Crippen LogP contribution in [0.4, 0.5) is 13.2 Å². The zero-order chi connectivity index (χ0) is 20.0. The van der Waals surface area contributed by atoms with Gasteiger partial charge in [-0.25, -0.2) is 4.79 Å². The molecule has 1 aromatic rings. The number of hydrogen-bond donors (Lipinski definition) is 1. The molecule has 146 valence electrons. The fraction of sp³-hybridized carbons (Fsp3) is 0.529. The van der Waals surface area contributed by atoms with Gasteiger partial charge in [0.25, 0.3) is 0 Å². The second-order valence-corrected chi connectivity index (χ2v) is 6.54. The highest BCUT2D eigenvalue weighted by molar-refractivity contribution is 5.89. The molecule has 26 heavy (non-hydrogen) atoms. The first kappa shape index (κ1) is 21.9. The van der Waals surface area contributed by atoms with E-state index in [1.165, 1.54) is 12.7 Å². The van der Waals surface area contributed by atoms with Crippen molar-refractivity contribution in [2.45, 2.75) is 31.6 Å². The fourth-order valence-corrected chi connectivity index (χ4v) is 2.67. The number of likely N-dealkylation sites (tertiary alicyclic amines) is 1. The van der Waals surface area contributed by atoms with Gasteiger partial charge in [0.2, 0.25) is 0 Å². The number of ether oxygens (including phenoxy) is 1. The maximum absolute atomic E-state index is 11.4. The number of carboxylic acid groups (broad SMARTS) is 1. The monoisotopic (exact) mass is 376 g/mol. The number of nitrogens with two attached hydrogens (primary N) is 1. The first-order valence-corrected chi connectivity index (χ1v) is 8.01. The minimum atomic E-state index is -5.19.